The maximum Gasteiger partial charge on any atom is 0.220 e. The zero-order valence-corrected chi connectivity index (χ0v) is 60.5. The SMILES string of the molecule is CCCCCCCCCCCCCCCCCCCCCCC/C=C/C(O)C(COC1OC(CO)C(OC2OC(CO)C(O)C(O)C2O)C(O)C1O)NC(=O)CCCCCCCCCCCCCCCCCCCCCCCCCCCCCCCCCCCCCC. The Hall–Kier alpha value is -1.27. The van der Waals surface area contributed by atoms with Gasteiger partial charge in [-0.3, -0.25) is 4.79 Å². The second-order valence-electron chi connectivity index (χ2n) is 28.9. The van der Waals surface area contributed by atoms with Gasteiger partial charge in [0.25, 0.3) is 0 Å². The van der Waals surface area contributed by atoms with Gasteiger partial charge in [0, 0.05) is 6.42 Å². The predicted octanol–water partition coefficient (Wildman–Crippen LogP) is 18.1. The van der Waals surface area contributed by atoms with E-state index in [-0.39, 0.29) is 18.9 Å². The maximum absolute atomic E-state index is 13.4. The molecule has 14 nitrogen and oxygen atoms in total. The number of aliphatic hydroxyl groups excluding tert-OH is 8. The molecular formula is C79H153NO13. The zero-order valence-electron chi connectivity index (χ0n) is 60.5. The van der Waals surface area contributed by atoms with Crippen LogP contribution in [-0.2, 0) is 23.7 Å². The quantitative estimate of drug-likeness (QED) is 0.0204. The average molecular weight is 1330 g/mol. The fourth-order valence-electron chi connectivity index (χ4n) is 13.8. The van der Waals surface area contributed by atoms with Gasteiger partial charge in [-0.2, -0.15) is 0 Å². The molecule has 12 atom stereocenters. The molecule has 0 spiro atoms. The molecule has 552 valence electrons. The van der Waals surface area contributed by atoms with Crippen molar-refractivity contribution in [3.8, 4) is 0 Å². The Labute approximate surface area is 571 Å². The van der Waals surface area contributed by atoms with Gasteiger partial charge in [0.15, 0.2) is 12.6 Å². The van der Waals surface area contributed by atoms with Crippen LogP contribution in [0.1, 0.15) is 393 Å². The van der Waals surface area contributed by atoms with E-state index in [2.05, 4.69) is 19.2 Å². The summed E-state index contributed by atoms with van der Waals surface area (Å²) < 4.78 is 22.9. The van der Waals surface area contributed by atoms with Crippen molar-refractivity contribution >= 4 is 5.91 Å². The van der Waals surface area contributed by atoms with Crippen molar-refractivity contribution < 1.29 is 64.6 Å². The highest BCUT2D eigenvalue weighted by atomic mass is 16.7. The first-order valence-corrected chi connectivity index (χ1v) is 40.4. The minimum Gasteiger partial charge on any atom is -0.394 e. The predicted molar refractivity (Wildman–Crippen MR) is 383 cm³/mol. The Bertz CT molecular complexity index is 1610. The molecule has 2 aliphatic heterocycles. The summed E-state index contributed by atoms with van der Waals surface area (Å²) in [5.74, 6) is -0.229. The largest absolute Gasteiger partial charge is 0.394 e. The van der Waals surface area contributed by atoms with Crippen molar-refractivity contribution in [2.45, 2.75) is 466 Å². The minimum atomic E-state index is -1.79. The number of ether oxygens (including phenoxy) is 4. The van der Waals surface area contributed by atoms with E-state index < -0.39 is 86.8 Å². The summed E-state index contributed by atoms with van der Waals surface area (Å²) in [5, 5.41) is 87.6. The number of aliphatic hydroxyl groups is 8. The standard InChI is InChI=1S/C79H153NO13/c1-3-5-7-9-11-13-15-17-19-21-23-25-27-28-29-30-31-32-33-34-35-36-37-38-39-41-43-45-47-49-51-53-55-57-59-61-63-71(84)80-67(66-90-78-76(89)74(87)77(70(65-82)92-78)93-79-75(88)73(86)72(85)69(64-81)91-79)68(83)62-60-58-56-54-52-50-48-46-44-42-40-26-24-22-20-18-16-14-12-10-8-6-4-2/h60,62,67-70,72-79,81-83,85-89H,3-59,61,63-66H2,1-2H3,(H,80,84)/b62-60+. The summed E-state index contributed by atoms with van der Waals surface area (Å²) in [5.41, 5.74) is 0. The first kappa shape index (κ1) is 87.8. The van der Waals surface area contributed by atoms with Crippen molar-refractivity contribution in [2.75, 3.05) is 19.8 Å². The zero-order chi connectivity index (χ0) is 67.3. The van der Waals surface area contributed by atoms with E-state index in [9.17, 15) is 45.6 Å². The van der Waals surface area contributed by atoms with Crippen LogP contribution in [0.5, 0.6) is 0 Å². The lowest BCUT2D eigenvalue weighted by atomic mass is 9.97. The molecule has 0 aromatic heterocycles. The molecule has 2 saturated heterocycles. The molecule has 2 aliphatic rings. The monoisotopic (exact) mass is 1320 g/mol. The van der Waals surface area contributed by atoms with E-state index in [1.807, 2.05) is 6.08 Å². The summed E-state index contributed by atoms with van der Waals surface area (Å²) in [4.78, 5) is 13.4. The first-order valence-electron chi connectivity index (χ1n) is 40.4. The molecule has 2 fully saturated rings. The Kier molecular flexibility index (Phi) is 60.6. The van der Waals surface area contributed by atoms with Gasteiger partial charge < -0.3 is 65.1 Å². The average Bonchev–Trinajstić information content (AvgIpc) is 0.852. The number of carbonyl (C=O) groups is 1. The van der Waals surface area contributed by atoms with E-state index in [4.69, 9.17) is 18.9 Å². The number of hydrogen-bond acceptors (Lipinski definition) is 13. The molecule has 9 N–H and O–H groups in total. The number of hydrogen-bond donors (Lipinski definition) is 9. The number of nitrogens with one attached hydrogen (secondary N) is 1. The highest BCUT2D eigenvalue weighted by Crippen LogP contribution is 2.30. The molecular weight excluding hydrogens is 1170 g/mol. The fraction of sp³-hybridized carbons (Fsp3) is 0.962. The first-order chi connectivity index (χ1) is 45.6. The molecule has 2 rings (SSSR count). The minimum absolute atomic E-state index is 0.229. The summed E-state index contributed by atoms with van der Waals surface area (Å²) in [6.07, 6.45) is 64.5. The van der Waals surface area contributed by atoms with E-state index in [0.717, 1.165) is 44.9 Å². The van der Waals surface area contributed by atoms with Crippen molar-refractivity contribution in [3.63, 3.8) is 0 Å². The molecule has 1 amide bonds. The third-order valence-electron chi connectivity index (χ3n) is 20.2. The van der Waals surface area contributed by atoms with Gasteiger partial charge in [0.05, 0.1) is 32.0 Å². The maximum atomic E-state index is 13.4. The Morgan fingerprint density at radius 2 is 0.667 bits per heavy atom. The smallest absolute Gasteiger partial charge is 0.220 e. The highest BCUT2D eigenvalue weighted by molar-refractivity contribution is 5.76. The third kappa shape index (κ3) is 47.4. The van der Waals surface area contributed by atoms with Gasteiger partial charge in [-0.25, -0.2) is 0 Å². The highest BCUT2D eigenvalue weighted by Gasteiger charge is 2.51. The number of carbonyl (C=O) groups excluding carboxylic acids is 1. The van der Waals surface area contributed by atoms with Crippen LogP contribution in [0.3, 0.4) is 0 Å². The van der Waals surface area contributed by atoms with Crippen molar-refractivity contribution in [3.05, 3.63) is 12.2 Å². The van der Waals surface area contributed by atoms with Crippen molar-refractivity contribution in [2.24, 2.45) is 0 Å². The lowest BCUT2D eigenvalue weighted by Crippen LogP contribution is -2.65. The summed E-state index contributed by atoms with van der Waals surface area (Å²) in [6, 6.07) is -0.912. The molecule has 0 saturated carbocycles. The van der Waals surface area contributed by atoms with Gasteiger partial charge >= 0.3 is 0 Å². The summed E-state index contributed by atoms with van der Waals surface area (Å²) >= 11 is 0. The van der Waals surface area contributed by atoms with Crippen LogP contribution in [-0.4, -0.2) is 140 Å². The lowest BCUT2D eigenvalue weighted by Gasteiger charge is -2.46. The van der Waals surface area contributed by atoms with Gasteiger partial charge in [0.2, 0.25) is 5.91 Å². The molecule has 0 aliphatic carbocycles. The van der Waals surface area contributed by atoms with E-state index in [0.29, 0.717) is 0 Å². The lowest BCUT2D eigenvalue weighted by molar-refractivity contribution is -0.359. The van der Waals surface area contributed by atoms with E-state index in [1.165, 1.54) is 327 Å². The van der Waals surface area contributed by atoms with E-state index >= 15 is 0 Å². The molecule has 0 aromatic carbocycles. The van der Waals surface area contributed by atoms with Crippen LogP contribution < -0.4 is 5.32 Å². The van der Waals surface area contributed by atoms with Crippen LogP contribution in [0.25, 0.3) is 0 Å². The number of amides is 1. The van der Waals surface area contributed by atoms with E-state index in [1.54, 1.807) is 6.08 Å². The second-order valence-corrected chi connectivity index (χ2v) is 28.9. The molecule has 0 aromatic rings. The van der Waals surface area contributed by atoms with Crippen LogP contribution in [0, 0.1) is 0 Å². The number of rotatable bonds is 69. The third-order valence-corrected chi connectivity index (χ3v) is 20.2. The van der Waals surface area contributed by atoms with Crippen LogP contribution in [0.4, 0.5) is 0 Å². The van der Waals surface area contributed by atoms with Gasteiger partial charge in [-0.1, -0.05) is 379 Å². The van der Waals surface area contributed by atoms with Gasteiger partial charge in [-0.05, 0) is 19.3 Å². The summed E-state index contributed by atoms with van der Waals surface area (Å²) in [7, 11) is 0. The number of allylic oxidation sites excluding steroid dienone is 1. The Morgan fingerprint density at radius 3 is 0.989 bits per heavy atom. The Morgan fingerprint density at radius 1 is 0.376 bits per heavy atom. The fourth-order valence-corrected chi connectivity index (χ4v) is 13.8. The molecule has 12 unspecified atom stereocenters. The van der Waals surface area contributed by atoms with Crippen LogP contribution in [0.15, 0.2) is 12.2 Å². The Balaban J connectivity index is 1.58. The van der Waals surface area contributed by atoms with Crippen LogP contribution in [0.2, 0.25) is 0 Å². The molecule has 93 heavy (non-hydrogen) atoms. The van der Waals surface area contributed by atoms with Gasteiger partial charge in [0.1, 0.15) is 48.8 Å². The molecule has 2 heterocycles. The second kappa shape index (κ2) is 64.1. The van der Waals surface area contributed by atoms with Crippen molar-refractivity contribution in [1.29, 1.82) is 0 Å². The molecule has 0 bridgehead atoms. The molecule has 0 radical (unpaired) electrons. The van der Waals surface area contributed by atoms with Gasteiger partial charge in [-0.15, -0.1) is 0 Å². The number of unbranched alkanes of at least 4 members (excludes halogenated alkanes) is 56. The normalized spacial score (nSPS) is 22.5. The van der Waals surface area contributed by atoms with Crippen LogP contribution >= 0.6 is 0 Å². The molecule has 14 heteroatoms. The topological polar surface area (TPSA) is 228 Å². The van der Waals surface area contributed by atoms with Crippen molar-refractivity contribution in [1.82, 2.24) is 5.32 Å². The summed E-state index contributed by atoms with van der Waals surface area (Å²) in [6.45, 7) is 2.88.